The summed E-state index contributed by atoms with van der Waals surface area (Å²) < 4.78 is 37.0. The average molecular weight is 293 g/mol. The molecule has 0 bridgehead atoms. The Morgan fingerprint density at radius 3 is 2.63 bits per heavy atom. The van der Waals surface area contributed by atoms with E-state index < -0.39 is 17.5 Å². The Labute approximate surface area is 113 Å². The van der Waals surface area contributed by atoms with Crippen molar-refractivity contribution in [2.75, 3.05) is 6.54 Å². The highest BCUT2D eigenvalue weighted by Crippen LogP contribution is 2.38. The monoisotopic (exact) mass is 293 g/mol. The molecule has 0 aromatic heterocycles. The fraction of sp³-hybridized carbons (Fsp3) is 0.417. The number of halogens is 3. The highest BCUT2D eigenvalue weighted by atomic mass is 32.2. The fourth-order valence-electron chi connectivity index (χ4n) is 1.32. The van der Waals surface area contributed by atoms with Crippen molar-refractivity contribution < 1.29 is 23.1 Å². The van der Waals surface area contributed by atoms with Crippen molar-refractivity contribution in [1.29, 1.82) is 0 Å². The summed E-state index contributed by atoms with van der Waals surface area (Å²) in [6.07, 6.45) is -0.245. The van der Waals surface area contributed by atoms with Crippen LogP contribution in [0.2, 0.25) is 0 Å². The van der Waals surface area contributed by atoms with Crippen LogP contribution in [0.25, 0.3) is 0 Å². The maximum Gasteiger partial charge on any atom is 0.446 e. The number of benzene rings is 1. The van der Waals surface area contributed by atoms with E-state index >= 15 is 0 Å². The van der Waals surface area contributed by atoms with E-state index in [1.807, 2.05) is 0 Å². The number of amides is 1. The van der Waals surface area contributed by atoms with Crippen molar-refractivity contribution in [2.45, 2.75) is 29.9 Å². The van der Waals surface area contributed by atoms with E-state index in [1.54, 1.807) is 6.92 Å². The Bertz CT molecular complexity index is 437. The zero-order chi connectivity index (χ0) is 14.5. The van der Waals surface area contributed by atoms with Crippen LogP contribution in [0.5, 0.6) is 0 Å². The second-order valence-corrected chi connectivity index (χ2v) is 4.92. The largest absolute Gasteiger partial charge is 0.446 e. The third-order valence-electron chi connectivity index (χ3n) is 2.33. The number of carbonyl (C=O) groups is 1. The van der Waals surface area contributed by atoms with Gasteiger partial charge < -0.3 is 10.4 Å². The molecule has 1 rings (SSSR count). The van der Waals surface area contributed by atoms with Crippen molar-refractivity contribution >= 4 is 17.7 Å². The Morgan fingerprint density at radius 2 is 2.05 bits per heavy atom. The molecule has 0 saturated heterocycles. The first-order valence-electron chi connectivity index (χ1n) is 5.64. The molecule has 0 radical (unpaired) electrons. The van der Waals surface area contributed by atoms with Crippen molar-refractivity contribution in [1.82, 2.24) is 5.32 Å². The Balaban J connectivity index is 2.79. The predicted octanol–water partition coefficient (Wildman–Crippen LogP) is 2.80. The van der Waals surface area contributed by atoms with Gasteiger partial charge in [-0.05, 0) is 30.3 Å². The summed E-state index contributed by atoms with van der Waals surface area (Å²) in [5.41, 5.74) is -4.49. The summed E-state index contributed by atoms with van der Waals surface area (Å²) in [6.45, 7) is 1.75. The van der Waals surface area contributed by atoms with E-state index in [4.69, 9.17) is 0 Å². The van der Waals surface area contributed by atoms with Gasteiger partial charge in [-0.3, -0.25) is 4.79 Å². The van der Waals surface area contributed by atoms with Crippen LogP contribution < -0.4 is 5.32 Å². The summed E-state index contributed by atoms with van der Waals surface area (Å²) in [6, 6.07) is 5.49. The second-order valence-electron chi connectivity index (χ2n) is 3.82. The second kappa shape index (κ2) is 6.81. The number of hydrogen-bond donors (Lipinski definition) is 2. The Kier molecular flexibility index (Phi) is 5.68. The van der Waals surface area contributed by atoms with Crippen LogP contribution in [0.1, 0.15) is 23.7 Å². The first-order chi connectivity index (χ1) is 8.83. The van der Waals surface area contributed by atoms with Gasteiger partial charge in [0.15, 0.2) is 0 Å². The molecule has 0 fully saturated rings. The number of aliphatic hydroxyl groups is 1. The van der Waals surface area contributed by atoms with Crippen molar-refractivity contribution in [2.24, 2.45) is 0 Å². The number of nitrogens with one attached hydrogen (secondary N) is 1. The molecule has 1 amide bonds. The lowest BCUT2D eigenvalue weighted by Gasteiger charge is -2.13. The van der Waals surface area contributed by atoms with Crippen LogP contribution in [0.15, 0.2) is 29.2 Å². The molecular formula is C12H14F3NO2S. The number of carbonyl (C=O) groups excluding carboxylic acids is 1. The number of hydrogen-bond acceptors (Lipinski definition) is 3. The molecule has 0 spiro atoms. The van der Waals surface area contributed by atoms with E-state index in [0.717, 1.165) is 0 Å². The van der Waals surface area contributed by atoms with E-state index in [9.17, 15) is 23.1 Å². The fourth-order valence-corrected chi connectivity index (χ4v) is 1.98. The summed E-state index contributed by atoms with van der Waals surface area (Å²) in [5.74, 6) is -0.625. The third-order valence-corrected chi connectivity index (χ3v) is 3.13. The van der Waals surface area contributed by atoms with Crippen LogP contribution >= 0.6 is 11.8 Å². The molecule has 0 saturated carbocycles. The lowest BCUT2D eigenvalue weighted by atomic mass is 10.2. The Hall–Kier alpha value is -1.21. The summed E-state index contributed by atoms with van der Waals surface area (Å²) in [4.78, 5) is 11.6. The van der Waals surface area contributed by atoms with Gasteiger partial charge in [-0.25, -0.2) is 0 Å². The average Bonchev–Trinajstić information content (AvgIpc) is 2.34. The van der Waals surface area contributed by atoms with Gasteiger partial charge in [-0.15, -0.1) is 0 Å². The van der Waals surface area contributed by atoms with E-state index in [2.05, 4.69) is 5.32 Å². The van der Waals surface area contributed by atoms with Gasteiger partial charge in [0, 0.05) is 11.4 Å². The molecule has 1 aromatic carbocycles. The zero-order valence-electron chi connectivity index (χ0n) is 10.2. The lowest BCUT2D eigenvalue weighted by molar-refractivity contribution is -0.0328. The van der Waals surface area contributed by atoms with E-state index in [-0.39, 0.29) is 28.8 Å². The number of aliphatic hydroxyl groups excluding tert-OH is 1. The van der Waals surface area contributed by atoms with Gasteiger partial charge >= 0.3 is 5.51 Å². The minimum atomic E-state index is -4.45. The van der Waals surface area contributed by atoms with Crippen LogP contribution in [0, 0.1) is 0 Å². The highest BCUT2D eigenvalue weighted by molar-refractivity contribution is 8.00. The van der Waals surface area contributed by atoms with Gasteiger partial charge in [0.2, 0.25) is 0 Å². The highest BCUT2D eigenvalue weighted by Gasteiger charge is 2.31. The molecule has 0 aliphatic rings. The van der Waals surface area contributed by atoms with Gasteiger partial charge in [0.1, 0.15) is 0 Å². The van der Waals surface area contributed by atoms with E-state index in [1.165, 1.54) is 24.3 Å². The topological polar surface area (TPSA) is 49.3 Å². The maximum absolute atomic E-state index is 12.3. The molecule has 7 heteroatoms. The smallest absolute Gasteiger partial charge is 0.391 e. The summed E-state index contributed by atoms with van der Waals surface area (Å²) in [5, 5.41) is 11.7. The Morgan fingerprint density at radius 1 is 1.42 bits per heavy atom. The number of thioether (sulfide) groups is 1. The van der Waals surface area contributed by atoms with Gasteiger partial charge in [-0.2, -0.15) is 13.2 Å². The molecule has 2 N–H and O–H groups in total. The number of rotatable bonds is 5. The number of alkyl halides is 3. The van der Waals surface area contributed by atoms with Crippen molar-refractivity contribution in [3.05, 3.63) is 29.8 Å². The van der Waals surface area contributed by atoms with Crippen LogP contribution in [-0.4, -0.2) is 29.2 Å². The first-order valence-corrected chi connectivity index (χ1v) is 6.46. The van der Waals surface area contributed by atoms with Gasteiger partial charge in [0.05, 0.1) is 11.7 Å². The van der Waals surface area contributed by atoms with Crippen LogP contribution in [-0.2, 0) is 0 Å². The summed E-state index contributed by atoms with van der Waals surface area (Å²) >= 11 is -0.328. The predicted molar refractivity (Wildman–Crippen MR) is 67.0 cm³/mol. The van der Waals surface area contributed by atoms with Crippen LogP contribution in [0.4, 0.5) is 13.2 Å². The molecule has 0 heterocycles. The summed E-state index contributed by atoms with van der Waals surface area (Å²) in [7, 11) is 0. The van der Waals surface area contributed by atoms with Gasteiger partial charge in [0.25, 0.3) is 5.91 Å². The standard InChI is InChI=1S/C12H14F3NO2S/c1-2-8(17)7-16-11(18)9-5-3-4-6-10(9)19-12(13,14)15/h3-6,8,17H,2,7H2,1H3,(H,16,18). The molecule has 106 valence electrons. The van der Waals surface area contributed by atoms with Crippen molar-refractivity contribution in [3.63, 3.8) is 0 Å². The molecule has 1 aromatic rings. The molecule has 0 aliphatic carbocycles. The molecule has 1 unspecified atom stereocenters. The molecule has 3 nitrogen and oxygen atoms in total. The SMILES string of the molecule is CCC(O)CNC(=O)c1ccccc1SC(F)(F)F. The lowest BCUT2D eigenvalue weighted by Crippen LogP contribution is -2.32. The first kappa shape index (κ1) is 15.8. The normalized spacial score (nSPS) is 13.1. The zero-order valence-corrected chi connectivity index (χ0v) is 11.0. The molecule has 1 atom stereocenters. The maximum atomic E-state index is 12.3. The van der Waals surface area contributed by atoms with Crippen LogP contribution in [0.3, 0.4) is 0 Å². The van der Waals surface area contributed by atoms with Crippen molar-refractivity contribution in [3.8, 4) is 0 Å². The minimum Gasteiger partial charge on any atom is -0.391 e. The molecule has 19 heavy (non-hydrogen) atoms. The molecular weight excluding hydrogens is 279 g/mol. The van der Waals surface area contributed by atoms with E-state index in [0.29, 0.717) is 6.42 Å². The molecule has 0 aliphatic heterocycles. The van der Waals surface area contributed by atoms with Gasteiger partial charge in [-0.1, -0.05) is 19.1 Å². The minimum absolute atomic E-state index is 0.0142. The third kappa shape index (κ3) is 5.52. The quantitative estimate of drug-likeness (QED) is 0.821.